The summed E-state index contributed by atoms with van der Waals surface area (Å²) >= 11 is 0. The van der Waals surface area contributed by atoms with Gasteiger partial charge in [0.05, 0.1) is 138 Å². The van der Waals surface area contributed by atoms with Crippen molar-refractivity contribution in [2.75, 3.05) is 158 Å². The van der Waals surface area contributed by atoms with Gasteiger partial charge in [0.2, 0.25) is 0 Å². The van der Waals surface area contributed by atoms with Crippen LogP contribution in [-0.2, 0) is 65.0 Å². The number of Topliss-reactive ketones (excluding diaryl/α,β-unsaturated/α-hetero) is 1. The molecule has 0 aliphatic carbocycles. The van der Waals surface area contributed by atoms with Crippen molar-refractivity contribution in [1.29, 1.82) is 0 Å². The van der Waals surface area contributed by atoms with Gasteiger partial charge in [-0.2, -0.15) is 0 Å². The van der Waals surface area contributed by atoms with E-state index in [1.54, 1.807) is 6.92 Å². The van der Waals surface area contributed by atoms with Crippen LogP contribution in [0, 0.1) is 0 Å². The standard InChI is InChI=1S/C44H75N5O11/c1-4-5-13-40-47-42-41-38(11-9-12-39(41)46-44(45)43(42)48-40)10-7-6-8-15-49(3)16-18-52-20-22-54-24-26-56-28-30-58-32-34-60-36-35-59-33-31-57-29-27-55-25-23-53-21-19-51-17-14-37(2)50/h9,11-12H,4-8,10,13-36H2,1-3H3,(H2,45,46)(H,47,48). The molecule has 0 unspecified atom stereocenters. The number of hydrogen-bond donors (Lipinski definition) is 2. The largest absolute Gasteiger partial charge is 0.382 e. The minimum absolute atomic E-state index is 0.126. The number of nitrogens with zero attached hydrogens (tertiary/aromatic N) is 3. The second-order valence-electron chi connectivity index (χ2n) is 14.5. The number of anilines is 1. The van der Waals surface area contributed by atoms with E-state index in [-0.39, 0.29) is 5.78 Å². The number of aromatic nitrogens is 3. The van der Waals surface area contributed by atoms with Crippen LogP contribution in [0.1, 0.15) is 63.8 Å². The molecule has 1 aromatic carbocycles. The average Bonchev–Trinajstić information content (AvgIpc) is 3.68. The molecule has 3 N–H and O–H groups in total. The number of hydrogen-bond acceptors (Lipinski definition) is 15. The number of nitrogen functional groups attached to an aromatic ring is 1. The Balaban J connectivity index is 1.00. The van der Waals surface area contributed by atoms with Gasteiger partial charge in [-0.25, -0.2) is 9.97 Å². The number of rotatable bonds is 42. The number of likely N-dealkylation sites (N-methyl/N-ethyl adjacent to an activating group) is 1. The van der Waals surface area contributed by atoms with Crippen LogP contribution in [0.5, 0.6) is 0 Å². The fraction of sp³-hybridized carbons (Fsp3) is 0.750. The Bertz CT molecular complexity index is 1510. The van der Waals surface area contributed by atoms with E-state index in [2.05, 4.69) is 41.0 Å². The predicted octanol–water partition coefficient (Wildman–Crippen LogP) is 4.83. The topological polar surface area (TPSA) is 180 Å². The van der Waals surface area contributed by atoms with Gasteiger partial charge in [0.15, 0.2) is 0 Å². The smallest absolute Gasteiger partial charge is 0.150 e. The molecular weight excluding hydrogens is 775 g/mol. The van der Waals surface area contributed by atoms with Crippen molar-refractivity contribution in [3.8, 4) is 0 Å². The molecule has 0 saturated carbocycles. The summed E-state index contributed by atoms with van der Waals surface area (Å²) in [4.78, 5) is 26.2. The van der Waals surface area contributed by atoms with Crippen molar-refractivity contribution < 1.29 is 52.2 Å². The molecule has 0 radical (unpaired) electrons. The van der Waals surface area contributed by atoms with Gasteiger partial charge >= 0.3 is 0 Å². The van der Waals surface area contributed by atoms with E-state index in [9.17, 15) is 4.79 Å². The first-order valence-corrected chi connectivity index (χ1v) is 22.0. The Morgan fingerprint density at radius 1 is 0.600 bits per heavy atom. The Morgan fingerprint density at radius 2 is 1.08 bits per heavy atom. The van der Waals surface area contributed by atoms with Crippen LogP contribution in [0.15, 0.2) is 18.2 Å². The SMILES string of the molecule is CCCCc1nc2c([nH]1)c(N)nc1cccc(CCCCCN(C)CCOCCOCCOCCOCCOCCOCCOCCOCCOCCOCCC(C)=O)c12. The van der Waals surface area contributed by atoms with Gasteiger partial charge in [0.25, 0.3) is 0 Å². The van der Waals surface area contributed by atoms with Crippen LogP contribution in [0.4, 0.5) is 5.82 Å². The molecule has 2 aromatic heterocycles. The second-order valence-corrected chi connectivity index (χ2v) is 14.5. The highest BCUT2D eigenvalue weighted by Gasteiger charge is 2.14. The van der Waals surface area contributed by atoms with E-state index in [0.717, 1.165) is 85.8 Å². The molecule has 0 atom stereocenters. The Labute approximate surface area is 357 Å². The summed E-state index contributed by atoms with van der Waals surface area (Å²) in [6.07, 6.45) is 7.99. The Kier molecular flexibility index (Phi) is 29.8. The highest BCUT2D eigenvalue weighted by Crippen LogP contribution is 2.30. The van der Waals surface area contributed by atoms with Crippen LogP contribution in [-0.4, -0.2) is 178 Å². The van der Waals surface area contributed by atoms with E-state index in [0.29, 0.717) is 144 Å². The van der Waals surface area contributed by atoms with Gasteiger partial charge in [0.1, 0.15) is 28.5 Å². The van der Waals surface area contributed by atoms with Crippen molar-refractivity contribution in [3.05, 3.63) is 29.6 Å². The fourth-order valence-corrected chi connectivity index (χ4v) is 6.10. The minimum Gasteiger partial charge on any atom is -0.382 e. The van der Waals surface area contributed by atoms with Crippen molar-refractivity contribution in [1.82, 2.24) is 19.9 Å². The first-order valence-electron chi connectivity index (χ1n) is 22.0. The zero-order chi connectivity index (χ0) is 42.7. The zero-order valence-corrected chi connectivity index (χ0v) is 36.9. The highest BCUT2D eigenvalue weighted by molar-refractivity contribution is 6.07. The number of unbranched alkanes of at least 4 members (excludes halogenated alkanes) is 3. The summed E-state index contributed by atoms with van der Waals surface area (Å²) in [6, 6.07) is 6.32. The van der Waals surface area contributed by atoms with Crippen LogP contribution >= 0.6 is 0 Å². The lowest BCUT2D eigenvalue weighted by molar-refractivity contribution is -0.118. The number of ketones is 1. The van der Waals surface area contributed by atoms with E-state index < -0.39 is 0 Å². The number of pyridine rings is 1. The number of ether oxygens (including phenoxy) is 10. The van der Waals surface area contributed by atoms with Gasteiger partial charge in [-0.05, 0) is 57.8 Å². The Hall–Kier alpha value is -2.87. The highest BCUT2D eigenvalue weighted by atomic mass is 16.6. The Morgan fingerprint density at radius 3 is 1.57 bits per heavy atom. The summed E-state index contributed by atoms with van der Waals surface area (Å²) in [7, 11) is 2.15. The van der Waals surface area contributed by atoms with Gasteiger partial charge < -0.3 is 63.0 Å². The maximum absolute atomic E-state index is 10.8. The average molecular weight is 850 g/mol. The number of aromatic amines is 1. The lowest BCUT2D eigenvalue weighted by Crippen LogP contribution is -2.25. The summed E-state index contributed by atoms with van der Waals surface area (Å²) in [6.45, 7) is 16.0. The molecule has 0 saturated heterocycles. The number of fused-ring (bicyclic) bond motifs is 3. The van der Waals surface area contributed by atoms with E-state index in [1.165, 1.54) is 5.56 Å². The number of aryl methyl sites for hydroxylation is 2. The fourth-order valence-electron chi connectivity index (χ4n) is 6.10. The third-order valence-electron chi connectivity index (χ3n) is 9.43. The number of benzene rings is 1. The second kappa shape index (κ2) is 34.7. The van der Waals surface area contributed by atoms with Crippen molar-refractivity contribution in [3.63, 3.8) is 0 Å². The van der Waals surface area contributed by atoms with Gasteiger partial charge in [-0.1, -0.05) is 31.9 Å². The predicted molar refractivity (Wildman–Crippen MR) is 233 cm³/mol. The van der Waals surface area contributed by atoms with Gasteiger partial charge in [0, 0.05) is 24.8 Å². The molecule has 16 heteroatoms. The third kappa shape index (κ3) is 23.9. The van der Waals surface area contributed by atoms with Gasteiger partial charge in [-0.15, -0.1) is 0 Å². The number of carbonyl (C=O) groups excluding carboxylic acids is 1. The number of nitrogens with one attached hydrogen (secondary N) is 1. The first kappa shape index (κ1) is 51.5. The molecule has 0 aliphatic heterocycles. The van der Waals surface area contributed by atoms with Crippen molar-refractivity contribution in [2.45, 2.75) is 65.2 Å². The number of H-pyrrole nitrogens is 1. The lowest BCUT2D eigenvalue weighted by Gasteiger charge is -2.16. The summed E-state index contributed by atoms with van der Waals surface area (Å²) in [5.74, 6) is 1.64. The maximum atomic E-state index is 10.8. The zero-order valence-electron chi connectivity index (χ0n) is 36.9. The quantitative estimate of drug-likeness (QED) is 0.0741. The molecule has 0 fully saturated rings. The molecule has 0 amide bonds. The molecule has 0 bridgehead atoms. The normalized spacial score (nSPS) is 11.9. The molecule has 342 valence electrons. The molecule has 60 heavy (non-hydrogen) atoms. The molecule has 3 rings (SSSR count). The summed E-state index contributed by atoms with van der Waals surface area (Å²) < 4.78 is 55.1. The maximum Gasteiger partial charge on any atom is 0.150 e. The van der Waals surface area contributed by atoms with Gasteiger partial charge in [-0.3, -0.25) is 4.79 Å². The summed E-state index contributed by atoms with van der Waals surface area (Å²) in [5.41, 5.74) is 10.3. The van der Waals surface area contributed by atoms with Crippen molar-refractivity contribution in [2.24, 2.45) is 0 Å². The first-order chi connectivity index (χ1) is 29.5. The van der Waals surface area contributed by atoms with E-state index in [1.807, 2.05) is 6.07 Å². The van der Waals surface area contributed by atoms with E-state index >= 15 is 0 Å². The van der Waals surface area contributed by atoms with Crippen LogP contribution in [0.2, 0.25) is 0 Å². The van der Waals surface area contributed by atoms with Crippen molar-refractivity contribution >= 4 is 33.5 Å². The monoisotopic (exact) mass is 850 g/mol. The molecular formula is C44H75N5O11. The molecule has 0 spiro atoms. The number of carbonyl (C=O) groups is 1. The minimum atomic E-state index is 0.126. The van der Waals surface area contributed by atoms with Crippen LogP contribution in [0.3, 0.4) is 0 Å². The number of nitrogens with two attached hydrogens (primary N) is 1. The number of imidazole rings is 1. The van der Waals surface area contributed by atoms with E-state index in [4.69, 9.17) is 58.1 Å². The molecule has 16 nitrogen and oxygen atoms in total. The third-order valence-corrected chi connectivity index (χ3v) is 9.43. The molecule has 2 heterocycles. The summed E-state index contributed by atoms with van der Waals surface area (Å²) in [5, 5.41) is 1.13. The lowest BCUT2D eigenvalue weighted by atomic mass is 10.0. The molecule has 0 aliphatic rings. The molecule has 3 aromatic rings. The van der Waals surface area contributed by atoms with Crippen LogP contribution in [0.25, 0.3) is 21.9 Å². The van der Waals surface area contributed by atoms with Crippen LogP contribution < -0.4 is 5.73 Å².